The van der Waals surface area contributed by atoms with E-state index in [9.17, 15) is 0 Å². The second-order valence-corrected chi connectivity index (χ2v) is 17.2. The molecule has 0 aliphatic heterocycles. The van der Waals surface area contributed by atoms with Gasteiger partial charge in [0.15, 0.2) is 0 Å². The molecule has 3 aromatic heterocycles. The summed E-state index contributed by atoms with van der Waals surface area (Å²) in [6.45, 7) is 9.29. The molecule has 1 radical (unpaired) electrons. The van der Waals surface area contributed by atoms with Crippen molar-refractivity contribution in [2.75, 3.05) is 0 Å². The van der Waals surface area contributed by atoms with Gasteiger partial charge in [0.25, 0.3) is 0 Å². The van der Waals surface area contributed by atoms with Crippen LogP contribution in [0.3, 0.4) is 0 Å². The average molecular weight is 959 g/mol. The van der Waals surface area contributed by atoms with E-state index >= 15 is 0 Å². The van der Waals surface area contributed by atoms with Crippen LogP contribution < -0.4 is 0 Å². The number of hydrogen-bond acceptors (Lipinski definition) is 3. The van der Waals surface area contributed by atoms with Gasteiger partial charge in [-0.3, -0.25) is 4.98 Å². The van der Waals surface area contributed by atoms with E-state index in [1.807, 2.05) is 48.5 Å². The van der Waals surface area contributed by atoms with Gasteiger partial charge in [0.05, 0.1) is 11.1 Å². The number of para-hydroxylation sites is 1. The van der Waals surface area contributed by atoms with E-state index in [2.05, 4.69) is 166 Å². The van der Waals surface area contributed by atoms with Gasteiger partial charge in [-0.1, -0.05) is 136 Å². The third-order valence-corrected chi connectivity index (χ3v) is 13.3. The molecular weight excluding hydrogens is 916 g/mol. The third-order valence-electron chi connectivity index (χ3n) is 10.7. The van der Waals surface area contributed by atoms with Crippen LogP contribution in [0.15, 0.2) is 180 Å². The summed E-state index contributed by atoms with van der Waals surface area (Å²) in [7, 11) is -0.970. The quantitative estimate of drug-likeness (QED) is 0.149. The molecule has 1 atom stereocenters. The van der Waals surface area contributed by atoms with E-state index in [1.54, 1.807) is 6.20 Å². The van der Waals surface area contributed by atoms with Crippen LogP contribution in [0.1, 0.15) is 50.7 Å². The zero-order valence-electron chi connectivity index (χ0n) is 33.5. The maximum atomic E-state index is 6.77. The SMILES string of the molecule is CC(C)c1cc(-c2ccccc2)cc(C(C)C)c1-p1c(-c2[c-]ccc3c2oc2cc(-c4ccccc4)ccc23)nc2ccccc21.[Ir].[c-]1ccccc1-c1ccccn1. The van der Waals surface area contributed by atoms with Crippen molar-refractivity contribution >= 4 is 40.1 Å². The van der Waals surface area contributed by atoms with Gasteiger partial charge in [-0.2, -0.15) is 0 Å². The Bertz CT molecular complexity index is 2920. The van der Waals surface area contributed by atoms with Crippen LogP contribution in [-0.2, 0) is 20.1 Å². The Morgan fingerprint density at radius 1 is 0.559 bits per heavy atom. The molecule has 0 fully saturated rings. The first-order chi connectivity index (χ1) is 28.4. The summed E-state index contributed by atoms with van der Waals surface area (Å²) in [5, 5.41) is 4.95. The number of nitrogens with zero attached hydrogens (tertiary/aromatic N) is 2. The van der Waals surface area contributed by atoms with Crippen molar-refractivity contribution in [1.29, 1.82) is 0 Å². The van der Waals surface area contributed by atoms with Crippen LogP contribution in [0.5, 0.6) is 0 Å². The van der Waals surface area contributed by atoms with Gasteiger partial charge in [-0.15, -0.1) is 61.6 Å². The molecule has 0 N–H and O–H groups in total. The number of hydrogen-bond donors (Lipinski definition) is 0. The topological polar surface area (TPSA) is 38.9 Å². The second-order valence-electron chi connectivity index (χ2n) is 15.2. The minimum Gasteiger partial charge on any atom is -0.501 e. The van der Waals surface area contributed by atoms with Crippen molar-refractivity contribution in [3.05, 3.63) is 199 Å². The standard InChI is InChI=1S/C43H35NOP.C11H8N.Ir/c1-27(2)36-24-32(30-16-9-6-10-17-30)25-37(28(3)4)42(36)46-40-21-12-11-20-38(40)44-43(46)35-19-13-18-34-33-23-22-31(26-39(33)45-41(34)35)29-14-7-5-8-15-29;1-2-6-10(7-3-1)11-8-4-5-9-12-11;/h5-18,20-28H,1-4H3;1-6,8-9H;/q2*-1;. The molecule has 0 aliphatic carbocycles. The average Bonchev–Trinajstić information content (AvgIpc) is 3.86. The molecule has 0 amide bonds. The van der Waals surface area contributed by atoms with Crippen molar-refractivity contribution in [2.45, 2.75) is 39.5 Å². The van der Waals surface area contributed by atoms with E-state index in [0.29, 0.717) is 11.8 Å². The Kier molecular flexibility index (Phi) is 11.9. The molecule has 1 unspecified atom stereocenters. The number of rotatable bonds is 7. The number of fused-ring (bicyclic) bond motifs is 4. The van der Waals surface area contributed by atoms with Crippen LogP contribution >= 0.6 is 7.53 Å². The second kappa shape index (κ2) is 17.5. The van der Waals surface area contributed by atoms with Crippen molar-refractivity contribution in [3.8, 4) is 49.8 Å². The molecular formula is C54H43IrN2OP-2. The molecule has 10 rings (SSSR count). The molecule has 3 heterocycles. The van der Waals surface area contributed by atoms with E-state index in [-0.39, 0.29) is 20.1 Å². The minimum atomic E-state index is -0.970. The summed E-state index contributed by atoms with van der Waals surface area (Å²) >= 11 is 0. The van der Waals surface area contributed by atoms with Crippen molar-refractivity contribution < 1.29 is 24.5 Å². The fourth-order valence-corrected chi connectivity index (χ4v) is 10.9. The van der Waals surface area contributed by atoms with Gasteiger partial charge >= 0.3 is 0 Å². The summed E-state index contributed by atoms with van der Waals surface area (Å²) in [6, 6.07) is 66.0. The van der Waals surface area contributed by atoms with Gasteiger partial charge in [-0.05, 0) is 92.6 Å². The molecule has 0 aliphatic rings. The van der Waals surface area contributed by atoms with Gasteiger partial charge in [0.1, 0.15) is 5.58 Å². The first-order valence-electron chi connectivity index (χ1n) is 20.0. The largest absolute Gasteiger partial charge is 0.501 e. The van der Waals surface area contributed by atoms with E-state index < -0.39 is 7.53 Å². The Morgan fingerprint density at radius 3 is 1.88 bits per heavy atom. The van der Waals surface area contributed by atoms with Crippen molar-refractivity contribution in [3.63, 3.8) is 0 Å². The Balaban J connectivity index is 0.000000319. The minimum absolute atomic E-state index is 0. The van der Waals surface area contributed by atoms with Gasteiger partial charge < -0.3 is 9.40 Å². The van der Waals surface area contributed by atoms with Crippen LogP contribution in [0.25, 0.3) is 82.4 Å². The predicted molar refractivity (Wildman–Crippen MR) is 245 cm³/mol. The van der Waals surface area contributed by atoms with Crippen LogP contribution in [0, 0.1) is 12.1 Å². The summed E-state index contributed by atoms with van der Waals surface area (Å²) in [5.41, 5.74) is 14.5. The van der Waals surface area contributed by atoms with Gasteiger partial charge in [0, 0.05) is 42.2 Å². The zero-order valence-corrected chi connectivity index (χ0v) is 36.8. The van der Waals surface area contributed by atoms with Gasteiger partial charge in [0.2, 0.25) is 0 Å². The molecule has 7 aromatic carbocycles. The smallest absolute Gasteiger partial charge is 0.121 e. The molecule has 0 bridgehead atoms. The number of benzene rings is 7. The molecule has 0 spiro atoms. The normalized spacial score (nSPS) is 11.5. The summed E-state index contributed by atoms with van der Waals surface area (Å²) in [4.78, 5) is 9.62. The summed E-state index contributed by atoms with van der Waals surface area (Å²) in [6.07, 6.45) is 1.79. The first-order valence-corrected chi connectivity index (χ1v) is 21.3. The predicted octanol–water partition coefficient (Wildman–Crippen LogP) is 15.7. The molecule has 5 heteroatoms. The monoisotopic (exact) mass is 959 g/mol. The first kappa shape index (κ1) is 39.9. The van der Waals surface area contributed by atoms with Crippen LogP contribution in [0.2, 0.25) is 0 Å². The van der Waals surface area contributed by atoms with Crippen molar-refractivity contribution in [2.24, 2.45) is 0 Å². The molecule has 0 saturated heterocycles. The fraction of sp³-hybridized carbons (Fsp3) is 0.111. The molecule has 0 saturated carbocycles. The van der Waals surface area contributed by atoms with Crippen LogP contribution in [-0.4, -0.2) is 9.97 Å². The maximum Gasteiger partial charge on any atom is 0.121 e. The molecule has 10 aromatic rings. The number of pyridine rings is 1. The van der Waals surface area contributed by atoms with E-state index in [4.69, 9.17) is 9.40 Å². The summed E-state index contributed by atoms with van der Waals surface area (Å²) < 4.78 is 6.77. The Hall–Kier alpha value is -5.89. The molecule has 3 nitrogen and oxygen atoms in total. The molecule has 291 valence electrons. The number of furan rings is 1. The fourth-order valence-electron chi connectivity index (χ4n) is 7.83. The van der Waals surface area contributed by atoms with Gasteiger partial charge in [-0.25, -0.2) is 0 Å². The maximum absolute atomic E-state index is 6.77. The summed E-state index contributed by atoms with van der Waals surface area (Å²) in [5.74, 6) is 0.685. The zero-order chi connectivity index (χ0) is 39.6. The van der Waals surface area contributed by atoms with E-state index in [1.165, 1.54) is 38.2 Å². The van der Waals surface area contributed by atoms with Crippen LogP contribution in [0.4, 0.5) is 0 Å². The Labute approximate surface area is 361 Å². The third kappa shape index (κ3) is 7.97. The molecule has 59 heavy (non-hydrogen) atoms. The van der Waals surface area contributed by atoms with E-state index in [0.717, 1.165) is 55.3 Å². The number of aromatic nitrogens is 2. The Morgan fingerprint density at radius 2 is 1.22 bits per heavy atom. The van der Waals surface area contributed by atoms with Crippen molar-refractivity contribution in [1.82, 2.24) is 9.97 Å².